The first kappa shape index (κ1) is 15.0. The van der Waals surface area contributed by atoms with Crippen LogP contribution in [0, 0.1) is 6.92 Å². The van der Waals surface area contributed by atoms with E-state index in [0.29, 0.717) is 0 Å². The lowest BCUT2D eigenvalue weighted by atomic mass is 10.1. The second kappa shape index (κ2) is 6.51. The van der Waals surface area contributed by atoms with E-state index in [1.165, 1.54) is 16.0 Å². The van der Waals surface area contributed by atoms with Crippen LogP contribution in [0.2, 0.25) is 0 Å². The van der Waals surface area contributed by atoms with Gasteiger partial charge < -0.3 is 0 Å². The third-order valence-electron chi connectivity index (χ3n) is 3.65. The smallest absolute Gasteiger partial charge is 0.167 e. The molecule has 0 unspecified atom stereocenters. The number of hydrazone groups is 1. The highest BCUT2D eigenvalue weighted by Gasteiger charge is 2.14. The SMILES string of the molecule is Cc1c(-c2ccccc2)sc2c(N/N=C/c3cccs3)ncnc12. The minimum absolute atomic E-state index is 0.739. The quantitative estimate of drug-likeness (QED) is 0.408. The normalized spacial score (nSPS) is 11.4. The van der Waals surface area contributed by atoms with Crippen molar-refractivity contribution in [3.05, 3.63) is 64.6 Å². The standard InChI is InChI=1S/C18H14N4S2/c1-12-15-17(24-16(12)13-6-3-2-4-7-13)18(20-11-19-15)22-21-10-14-8-5-9-23-14/h2-11H,1H3,(H,19,20,22)/b21-10+. The summed E-state index contributed by atoms with van der Waals surface area (Å²) in [5.41, 5.74) is 6.40. The maximum absolute atomic E-state index is 4.46. The molecule has 0 aliphatic rings. The third kappa shape index (κ3) is 2.81. The maximum Gasteiger partial charge on any atom is 0.167 e. The molecule has 0 aliphatic heterocycles. The lowest BCUT2D eigenvalue weighted by Gasteiger charge is -1.99. The molecule has 3 aromatic heterocycles. The van der Waals surface area contributed by atoms with Crippen LogP contribution in [-0.2, 0) is 0 Å². The third-order valence-corrected chi connectivity index (χ3v) is 5.79. The van der Waals surface area contributed by atoms with Gasteiger partial charge in [0.25, 0.3) is 0 Å². The first-order chi connectivity index (χ1) is 11.8. The van der Waals surface area contributed by atoms with Crippen molar-refractivity contribution in [3.8, 4) is 10.4 Å². The zero-order valence-corrected chi connectivity index (χ0v) is 14.6. The largest absolute Gasteiger partial charge is 0.260 e. The van der Waals surface area contributed by atoms with Crippen LogP contribution in [0.15, 0.2) is 59.3 Å². The highest BCUT2D eigenvalue weighted by molar-refractivity contribution is 7.23. The van der Waals surface area contributed by atoms with E-state index < -0.39 is 0 Å². The first-order valence-electron chi connectivity index (χ1n) is 7.45. The average molecular weight is 350 g/mol. The van der Waals surface area contributed by atoms with Crippen LogP contribution in [0.1, 0.15) is 10.4 Å². The van der Waals surface area contributed by atoms with Gasteiger partial charge in [0, 0.05) is 9.75 Å². The summed E-state index contributed by atoms with van der Waals surface area (Å²) < 4.78 is 1.03. The van der Waals surface area contributed by atoms with Gasteiger partial charge in [-0.3, -0.25) is 5.43 Å². The monoisotopic (exact) mass is 350 g/mol. The number of benzene rings is 1. The van der Waals surface area contributed by atoms with Crippen LogP contribution >= 0.6 is 22.7 Å². The van der Waals surface area contributed by atoms with Gasteiger partial charge in [-0.1, -0.05) is 36.4 Å². The highest BCUT2D eigenvalue weighted by atomic mass is 32.1. The first-order valence-corrected chi connectivity index (χ1v) is 9.14. The molecular weight excluding hydrogens is 336 g/mol. The molecule has 0 spiro atoms. The summed E-state index contributed by atoms with van der Waals surface area (Å²) in [6.45, 7) is 2.10. The topological polar surface area (TPSA) is 50.2 Å². The molecule has 4 nitrogen and oxygen atoms in total. The summed E-state index contributed by atoms with van der Waals surface area (Å²) in [6.07, 6.45) is 3.39. The number of aromatic nitrogens is 2. The number of aryl methyl sites for hydroxylation is 1. The number of fused-ring (bicyclic) bond motifs is 1. The molecule has 1 aromatic carbocycles. The fraction of sp³-hybridized carbons (Fsp3) is 0.0556. The minimum Gasteiger partial charge on any atom is -0.260 e. The van der Waals surface area contributed by atoms with Crippen LogP contribution in [-0.4, -0.2) is 16.2 Å². The highest BCUT2D eigenvalue weighted by Crippen LogP contribution is 2.39. The molecule has 0 atom stereocenters. The van der Waals surface area contributed by atoms with Crippen LogP contribution < -0.4 is 5.43 Å². The van der Waals surface area contributed by atoms with Crippen molar-refractivity contribution >= 4 is 44.9 Å². The van der Waals surface area contributed by atoms with Crippen molar-refractivity contribution in [2.24, 2.45) is 5.10 Å². The molecule has 0 radical (unpaired) electrons. The molecule has 4 rings (SSSR count). The summed E-state index contributed by atoms with van der Waals surface area (Å²) in [4.78, 5) is 11.1. The van der Waals surface area contributed by atoms with Gasteiger partial charge in [0.2, 0.25) is 0 Å². The predicted octanol–water partition coefficient (Wildman–Crippen LogP) is 5.17. The molecule has 0 fully saturated rings. The van der Waals surface area contributed by atoms with E-state index in [1.54, 1.807) is 35.2 Å². The Morgan fingerprint density at radius 2 is 1.96 bits per heavy atom. The molecule has 118 valence electrons. The number of nitrogens with one attached hydrogen (secondary N) is 1. The number of rotatable bonds is 4. The van der Waals surface area contributed by atoms with Gasteiger partial charge >= 0.3 is 0 Å². The number of hydrogen-bond donors (Lipinski definition) is 1. The second-order valence-electron chi connectivity index (χ2n) is 5.21. The number of anilines is 1. The molecule has 0 aliphatic carbocycles. The van der Waals surface area contributed by atoms with E-state index in [4.69, 9.17) is 0 Å². The molecule has 4 aromatic rings. The van der Waals surface area contributed by atoms with Crippen molar-refractivity contribution < 1.29 is 0 Å². The summed E-state index contributed by atoms with van der Waals surface area (Å²) in [5, 5.41) is 6.32. The molecule has 0 amide bonds. The van der Waals surface area contributed by atoms with Gasteiger partial charge in [0.1, 0.15) is 6.33 Å². The molecule has 6 heteroatoms. The van der Waals surface area contributed by atoms with Crippen LogP contribution in [0.5, 0.6) is 0 Å². The zero-order chi connectivity index (χ0) is 16.4. The van der Waals surface area contributed by atoms with Gasteiger partial charge in [-0.2, -0.15) is 5.10 Å². The van der Waals surface area contributed by atoms with E-state index in [0.717, 1.165) is 20.9 Å². The molecule has 0 saturated heterocycles. The molecular formula is C18H14N4S2. The fourth-order valence-electron chi connectivity index (χ4n) is 2.49. The summed E-state index contributed by atoms with van der Waals surface area (Å²) in [5.74, 6) is 0.739. The van der Waals surface area contributed by atoms with Crippen LogP contribution in [0.4, 0.5) is 5.82 Å². The summed E-state index contributed by atoms with van der Waals surface area (Å²) >= 11 is 3.34. The van der Waals surface area contributed by atoms with Gasteiger partial charge in [0.05, 0.1) is 16.4 Å². The number of nitrogens with zero attached hydrogens (tertiary/aromatic N) is 3. The van der Waals surface area contributed by atoms with Gasteiger partial charge in [-0.05, 0) is 29.5 Å². The summed E-state index contributed by atoms with van der Waals surface area (Å²) in [7, 11) is 0. The summed E-state index contributed by atoms with van der Waals surface area (Å²) in [6, 6.07) is 14.4. The van der Waals surface area contributed by atoms with Gasteiger partial charge in [0.15, 0.2) is 5.82 Å². The Morgan fingerprint density at radius 1 is 1.08 bits per heavy atom. The van der Waals surface area contributed by atoms with E-state index in [2.05, 4.69) is 51.7 Å². The van der Waals surface area contributed by atoms with Crippen molar-refractivity contribution in [1.82, 2.24) is 9.97 Å². The van der Waals surface area contributed by atoms with Crippen LogP contribution in [0.3, 0.4) is 0 Å². The number of thiophene rings is 2. The fourth-order valence-corrected chi connectivity index (χ4v) is 4.28. The van der Waals surface area contributed by atoms with E-state index in [-0.39, 0.29) is 0 Å². The Bertz CT molecular complexity index is 989. The average Bonchev–Trinajstić information content (AvgIpc) is 3.25. The van der Waals surface area contributed by atoms with Crippen molar-refractivity contribution in [3.63, 3.8) is 0 Å². The van der Waals surface area contributed by atoms with Gasteiger partial charge in [-0.15, -0.1) is 22.7 Å². The predicted molar refractivity (Wildman–Crippen MR) is 103 cm³/mol. The lowest BCUT2D eigenvalue weighted by molar-refractivity contribution is 1.18. The Labute approximate surface area is 147 Å². The Hall–Kier alpha value is -2.57. The van der Waals surface area contributed by atoms with Crippen molar-refractivity contribution in [2.75, 3.05) is 5.43 Å². The Morgan fingerprint density at radius 3 is 2.75 bits per heavy atom. The minimum atomic E-state index is 0.739. The van der Waals surface area contributed by atoms with E-state index >= 15 is 0 Å². The lowest BCUT2D eigenvalue weighted by Crippen LogP contribution is -1.93. The molecule has 1 N–H and O–H groups in total. The number of hydrogen-bond acceptors (Lipinski definition) is 6. The maximum atomic E-state index is 4.46. The molecule has 24 heavy (non-hydrogen) atoms. The molecule has 0 bridgehead atoms. The van der Waals surface area contributed by atoms with Crippen molar-refractivity contribution in [1.29, 1.82) is 0 Å². The molecule has 0 saturated carbocycles. The van der Waals surface area contributed by atoms with Gasteiger partial charge in [-0.25, -0.2) is 9.97 Å². The Kier molecular flexibility index (Phi) is 4.06. The second-order valence-corrected chi connectivity index (χ2v) is 7.21. The Balaban J connectivity index is 1.72. The van der Waals surface area contributed by atoms with E-state index in [1.807, 2.05) is 23.6 Å². The van der Waals surface area contributed by atoms with Crippen LogP contribution in [0.25, 0.3) is 20.7 Å². The van der Waals surface area contributed by atoms with Crippen molar-refractivity contribution in [2.45, 2.75) is 6.92 Å². The van der Waals surface area contributed by atoms with E-state index in [9.17, 15) is 0 Å². The zero-order valence-electron chi connectivity index (χ0n) is 12.9. The molecule has 3 heterocycles.